The highest BCUT2D eigenvalue weighted by Crippen LogP contribution is 2.28. The lowest BCUT2D eigenvalue weighted by atomic mass is 10.0. The van der Waals surface area contributed by atoms with Gasteiger partial charge in [0.15, 0.2) is 11.6 Å². The van der Waals surface area contributed by atoms with Crippen molar-refractivity contribution in [3.63, 3.8) is 0 Å². The summed E-state index contributed by atoms with van der Waals surface area (Å²) >= 11 is 8.79. The summed E-state index contributed by atoms with van der Waals surface area (Å²) in [5.41, 5.74) is 0.322. The average molecular weight is 346 g/mol. The van der Waals surface area contributed by atoms with Gasteiger partial charge in [-0.2, -0.15) is 0 Å². The quantitative estimate of drug-likeness (QED) is 0.558. The molecule has 2 rings (SSSR count). The normalized spacial score (nSPS) is 10.6. The number of hydrogen-bond donors (Lipinski definition) is 0. The number of hydrogen-bond acceptors (Lipinski definition) is 1. The Labute approximate surface area is 122 Å². The second-order valence-corrected chi connectivity index (χ2v) is 5.25. The first kappa shape index (κ1) is 14.2. The second-order valence-electron chi connectivity index (χ2n) is 4.02. The summed E-state index contributed by atoms with van der Waals surface area (Å²) in [4.78, 5) is 12.1. The van der Waals surface area contributed by atoms with Crippen molar-refractivity contribution in [2.24, 2.45) is 0 Å². The van der Waals surface area contributed by atoms with E-state index in [-0.39, 0.29) is 16.1 Å². The van der Waals surface area contributed by atoms with Gasteiger partial charge in [-0.05, 0) is 46.6 Å². The minimum Gasteiger partial charge on any atom is -0.288 e. The molecule has 0 aromatic heterocycles. The minimum atomic E-state index is -0.818. The maximum atomic E-state index is 13.9. The minimum absolute atomic E-state index is 0.0837. The van der Waals surface area contributed by atoms with E-state index in [0.29, 0.717) is 10.0 Å². The third-order valence-corrected chi connectivity index (χ3v) is 3.97. The molecule has 0 aliphatic carbocycles. The Morgan fingerprint density at radius 3 is 2.53 bits per heavy atom. The van der Waals surface area contributed by atoms with Crippen LogP contribution in [0.2, 0.25) is 5.02 Å². The van der Waals surface area contributed by atoms with Gasteiger partial charge in [0.25, 0.3) is 0 Å². The van der Waals surface area contributed by atoms with Crippen LogP contribution in [0.25, 0.3) is 0 Å². The largest absolute Gasteiger partial charge is 0.288 e. The van der Waals surface area contributed by atoms with Gasteiger partial charge in [-0.25, -0.2) is 8.78 Å². The number of aryl methyl sites for hydroxylation is 1. The van der Waals surface area contributed by atoms with E-state index >= 15 is 0 Å². The standard InChI is InChI=1S/C14H8BrClF2O/c1-7-2-3-8(6-11(7)17)14(19)9-4-5-10(15)12(16)13(9)18/h2-6H,1H3. The van der Waals surface area contributed by atoms with E-state index in [2.05, 4.69) is 15.9 Å². The zero-order valence-corrected chi connectivity index (χ0v) is 12.1. The second kappa shape index (κ2) is 5.39. The van der Waals surface area contributed by atoms with Crippen LogP contribution >= 0.6 is 27.5 Å². The molecule has 1 nitrogen and oxygen atoms in total. The molecule has 0 heterocycles. The fraction of sp³-hybridized carbons (Fsp3) is 0.0714. The van der Waals surface area contributed by atoms with Crippen LogP contribution < -0.4 is 0 Å². The van der Waals surface area contributed by atoms with Crippen molar-refractivity contribution in [3.05, 3.63) is 68.2 Å². The predicted octanol–water partition coefficient (Wildman–Crippen LogP) is 4.92. The molecule has 0 radical (unpaired) electrons. The molecular weight excluding hydrogens is 338 g/mol. The number of benzene rings is 2. The van der Waals surface area contributed by atoms with Gasteiger partial charge < -0.3 is 0 Å². The molecule has 0 saturated heterocycles. The van der Waals surface area contributed by atoms with Gasteiger partial charge >= 0.3 is 0 Å². The van der Waals surface area contributed by atoms with E-state index in [9.17, 15) is 13.6 Å². The Bertz CT molecular complexity index is 671. The summed E-state index contributed by atoms with van der Waals surface area (Å²) in [5.74, 6) is -1.93. The van der Waals surface area contributed by atoms with Gasteiger partial charge in [0.1, 0.15) is 5.82 Å². The van der Waals surface area contributed by atoms with Crippen molar-refractivity contribution in [2.75, 3.05) is 0 Å². The number of ketones is 1. The molecule has 0 spiro atoms. The molecule has 0 fully saturated rings. The third-order valence-electron chi connectivity index (χ3n) is 2.71. The Morgan fingerprint density at radius 2 is 1.89 bits per heavy atom. The van der Waals surface area contributed by atoms with Crippen molar-refractivity contribution < 1.29 is 13.6 Å². The molecule has 0 aliphatic rings. The molecule has 0 aliphatic heterocycles. The molecule has 0 N–H and O–H groups in total. The van der Waals surface area contributed by atoms with Crippen LogP contribution in [0.15, 0.2) is 34.8 Å². The first-order valence-corrected chi connectivity index (χ1v) is 6.53. The Balaban J connectivity index is 2.50. The molecule has 0 atom stereocenters. The SMILES string of the molecule is Cc1ccc(C(=O)c2ccc(Br)c(Cl)c2F)cc1F. The fourth-order valence-corrected chi connectivity index (χ4v) is 2.06. The van der Waals surface area contributed by atoms with Crippen molar-refractivity contribution in [3.8, 4) is 0 Å². The lowest BCUT2D eigenvalue weighted by molar-refractivity contribution is 0.103. The third kappa shape index (κ3) is 2.69. The molecule has 5 heteroatoms. The van der Waals surface area contributed by atoms with Crippen molar-refractivity contribution in [1.82, 2.24) is 0 Å². The van der Waals surface area contributed by atoms with Crippen molar-refractivity contribution in [1.29, 1.82) is 0 Å². The van der Waals surface area contributed by atoms with Crippen LogP contribution in [0.5, 0.6) is 0 Å². The summed E-state index contributed by atoms with van der Waals surface area (Å²) in [6.45, 7) is 1.58. The van der Waals surface area contributed by atoms with E-state index in [1.165, 1.54) is 24.3 Å². The van der Waals surface area contributed by atoms with E-state index in [4.69, 9.17) is 11.6 Å². The van der Waals surface area contributed by atoms with E-state index in [1.807, 2.05) is 0 Å². The molecular formula is C14H8BrClF2O. The van der Waals surface area contributed by atoms with E-state index in [0.717, 1.165) is 6.07 Å². The molecule has 0 saturated carbocycles. The molecule has 98 valence electrons. The average Bonchev–Trinajstić information content (AvgIpc) is 2.39. The highest BCUT2D eigenvalue weighted by molar-refractivity contribution is 9.10. The first-order valence-electron chi connectivity index (χ1n) is 5.36. The lowest BCUT2D eigenvalue weighted by Crippen LogP contribution is -2.05. The Morgan fingerprint density at radius 1 is 1.21 bits per heavy atom. The summed E-state index contributed by atoms with van der Waals surface area (Å²) in [7, 11) is 0. The maximum absolute atomic E-state index is 13.9. The van der Waals surface area contributed by atoms with Crippen LogP contribution in [-0.4, -0.2) is 5.78 Å². The van der Waals surface area contributed by atoms with Gasteiger partial charge in [-0.3, -0.25) is 4.79 Å². The highest BCUT2D eigenvalue weighted by Gasteiger charge is 2.18. The maximum Gasteiger partial charge on any atom is 0.196 e. The predicted molar refractivity (Wildman–Crippen MR) is 73.7 cm³/mol. The van der Waals surface area contributed by atoms with Crippen LogP contribution in [0.1, 0.15) is 21.5 Å². The monoisotopic (exact) mass is 344 g/mol. The summed E-state index contributed by atoms with van der Waals surface area (Å²) in [6, 6.07) is 6.80. The zero-order chi connectivity index (χ0) is 14.2. The number of rotatable bonds is 2. The molecule has 2 aromatic rings. The van der Waals surface area contributed by atoms with Gasteiger partial charge in [-0.15, -0.1) is 0 Å². The van der Waals surface area contributed by atoms with E-state index < -0.39 is 17.4 Å². The Kier molecular flexibility index (Phi) is 4.02. The van der Waals surface area contributed by atoms with Gasteiger partial charge in [0.2, 0.25) is 0 Å². The van der Waals surface area contributed by atoms with E-state index in [1.54, 1.807) is 6.92 Å². The van der Waals surface area contributed by atoms with Gasteiger partial charge in [-0.1, -0.05) is 23.7 Å². The lowest BCUT2D eigenvalue weighted by Gasteiger charge is -2.06. The van der Waals surface area contributed by atoms with Gasteiger partial charge in [0, 0.05) is 10.0 Å². The highest BCUT2D eigenvalue weighted by atomic mass is 79.9. The smallest absolute Gasteiger partial charge is 0.196 e. The van der Waals surface area contributed by atoms with Crippen LogP contribution in [0.4, 0.5) is 8.78 Å². The molecule has 0 amide bonds. The van der Waals surface area contributed by atoms with Gasteiger partial charge in [0.05, 0.1) is 10.6 Å². The zero-order valence-electron chi connectivity index (χ0n) is 9.81. The summed E-state index contributed by atoms with van der Waals surface area (Å²) < 4.78 is 27.7. The first-order chi connectivity index (χ1) is 8.91. The van der Waals surface area contributed by atoms with Crippen LogP contribution in [0, 0.1) is 18.6 Å². The number of carbonyl (C=O) groups is 1. The molecule has 0 bridgehead atoms. The summed E-state index contributed by atoms with van der Waals surface area (Å²) in [6.07, 6.45) is 0. The molecule has 19 heavy (non-hydrogen) atoms. The van der Waals surface area contributed by atoms with Crippen molar-refractivity contribution >= 4 is 33.3 Å². The molecule has 0 unspecified atom stereocenters. The van der Waals surface area contributed by atoms with Crippen LogP contribution in [0.3, 0.4) is 0 Å². The number of halogens is 4. The summed E-state index contributed by atoms with van der Waals surface area (Å²) in [5, 5.41) is -0.168. The Hall–Kier alpha value is -1.26. The topological polar surface area (TPSA) is 17.1 Å². The molecule has 2 aromatic carbocycles. The van der Waals surface area contributed by atoms with Crippen LogP contribution in [-0.2, 0) is 0 Å². The van der Waals surface area contributed by atoms with Crippen molar-refractivity contribution in [2.45, 2.75) is 6.92 Å². The number of carbonyl (C=O) groups excluding carboxylic acids is 1. The fourth-order valence-electron chi connectivity index (χ4n) is 1.59.